The van der Waals surface area contributed by atoms with Crippen molar-refractivity contribution in [3.8, 4) is 11.5 Å². The molecule has 5 heteroatoms. The Bertz CT molecular complexity index is 634. The van der Waals surface area contributed by atoms with Gasteiger partial charge in [0.2, 0.25) is 10.9 Å². The first-order valence-corrected chi connectivity index (χ1v) is 4.50. The molecule has 0 aliphatic rings. The van der Waals surface area contributed by atoms with Gasteiger partial charge in [-0.25, -0.2) is 0 Å². The largest absolute Gasteiger partial charge is 0.496 e. The van der Waals surface area contributed by atoms with E-state index < -0.39 is 16.3 Å². The lowest BCUT2D eigenvalue weighted by atomic mass is 10.2. The van der Waals surface area contributed by atoms with Crippen molar-refractivity contribution in [1.82, 2.24) is 0 Å². The predicted molar refractivity (Wildman–Crippen MR) is 58.2 cm³/mol. The molecule has 0 amide bonds. The van der Waals surface area contributed by atoms with Crippen LogP contribution in [0.5, 0.6) is 11.5 Å². The van der Waals surface area contributed by atoms with E-state index in [1.54, 1.807) is 0 Å². The molecule has 0 aromatic heterocycles. The Labute approximate surface area is 89.5 Å². The fraction of sp³-hybridized carbons (Fsp3) is 0.182. The van der Waals surface area contributed by atoms with Gasteiger partial charge >= 0.3 is 0 Å². The van der Waals surface area contributed by atoms with Crippen molar-refractivity contribution in [2.75, 3.05) is 14.2 Å². The number of methoxy groups -OCH3 is 2. The van der Waals surface area contributed by atoms with Crippen molar-refractivity contribution in [2.45, 2.75) is 0 Å². The summed E-state index contributed by atoms with van der Waals surface area (Å²) in [5.74, 6) is 0.417. The highest BCUT2D eigenvalue weighted by atomic mass is 16.5. The number of hydrogen-bond acceptors (Lipinski definition) is 5. The van der Waals surface area contributed by atoms with Crippen LogP contribution in [0.3, 0.4) is 0 Å². The van der Waals surface area contributed by atoms with E-state index in [0.717, 1.165) is 0 Å². The number of hydrogen-bond donors (Lipinski definition) is 0. The zero-order chi connectivity index (χ0) is 11.9. The van der Waals surface area contributed by atoms with Gasteiger partial charge in [0.25, 0.3) is 5.43 Å². The summed E-state index contributed by atoms with van der Waals surface area (Å²) in [7, 11) is 2.73. The summed E-state index contributed by atoms with van der Waals surface area (Å²) in [6, 6.07) is 2.98. The minimum atomic E-state index is -1.04. The summed E-state index contributed by atoms with van der Waals surface area (Å²) in [5, 5.41) is -0.00583. The minimum absolute atomic E-state index is 0.00292. The third kappa shape index (κ3) is 1.14. The smallest absolute Gasteiger partial charge is 0.274 e. The van der Waals surface area contributed by atoms with Crippen LogP contribution >= 0.6 is 0 Å². The van der Waals surface area contributed by atoms with Gasteiger partial charge in [-0.1, -0.05) is 0 Å². The standard InChI is InChI=1S/C11H8O5/c1-15-5-3-4-6(16-2)8-7(5)9(12)11(14)10(8)13/h3-4H,1-2H3. The second-order valence-electron chi connectivity index (χ2n) is 3.21. The van der Waals surface area contributed by atoms with Gasteiger partial charge in [0.05, 0.1) is 25.0 Å². The summed E-state index contributed by atoms with van der Waals surface area (Å²) in [4.78, 5) is 34.4. The van der Waals surface area contributed by atoms with Crippen molar-refractivity contribution in [3.63, 3.8) is 0 Å². The maximum atomic E-state index is 11.5. The molecule has 82 valence electrons. The number of benzene rings is 1. The molecule has 0 fully saturated rings. The molecule has 0 bridgehead atoms. The maximum Gasteiger partial charge on any atom is 0.274 e. The first-order chi connectivity index (χ1) is 7.61. The van der Waals surface area contributed by atoms with E-state index in [1.807, 2.05) is 0 Å². The molecular formula is C11H8O5. The Morgan fingerprint density at radius 1 is 0.750 bits per heavy atom. The molecular weight excluding hydrogens is 212 g/mol. The second-order valence-corrected chi connectivity index (χ2v) is 3.21. The van der Waals surface area contributed by atoms with Crippen molar-refractivity contribution < 1.29 is 9.47 Å². The molecule has 0 radical (unpaired) electrons. The van der Waals surface area contributed by atoms with E-state index in [1.165, 1.54) is 26.4 Å². The van der Waals surface area contributed by atoms with E-state index in [9.17, 15) is 14.4 Å². The van der Waals surface area contributed by atoms with Gasteiger partial charge in [-0.2, -0.15) is 0 Å². The van der Waals surface area contributed by atoms with E-state index in [2.05, 4.69) is 0 Å². The van der Waals surface area contributed by atoms with Gasteiger partial charge in [0.15, 0.2) is 0 Å². The fourth-order valence-electron chi connectivity index (χ4n) is 1.69. The lowest BCUT2D eigenvalue weighted by Crippen LogP contribution is -2.29. The molecule has 2 aromatic carbocycles. The van der Waals surface area contributed by atoms with Gasteiger partial charge in [-0.3, -0.25) is 14.4 Å². The highest BCUT2D eigenvalue weighted by Crippen LogP contribution is 2.27. The van der Waals surface area contributed by atoms with Crippen LogP contribution in [0.15, 0.2) is 26.5 Å². The molecule has 2 aromatic rings. The number of fused-ring (bicyclic) bond motifs is 1. The second kappa shape index (κ2) is 3.44. The molecule has 2 rings (SSSR count). The topological polar surface area (TPSA) is 69.7 Å². The van der Waals surface area contributed by atoms with E-state index in [4.69, 9.17) is 9.47 Å². The van der Waals surface area contributed by atoms with Gasteiger partial charge in [0.1, 0.15) is 11.5 Å². The average Bonchev–Trinajstić information content (AvgIpc) is 2.54. The van der Waals surface area contributed by atoms with Crippen LogP contribution < -0.4 is 25.8 Å². The highest BCUT2D eigenvalue weighted by Gasteiger charge is 2.20. The normalized spacial score (nSPS) is 10.6. The molecule has 0 atom stereocenters. The lowest BCUT2D eigenvalue weighted by Gasteiger charge is -2.04. The number of rotatable bonds is 2. The molecule has 0 aliphatic heterocycles. The van der Waals surface area contributed by atoms with Gasteiger partial charge in [-0.05, 0) is 12.1 Å². The Morgan fingerprint density at radius 2 is 1.12 bits per heavy atom. The minimum Gasteiger partial charge on any atom is -0.496 e. The Hall–Kier alpha value is -2.17. The Kier molecular flexibility index (Phi) is 2.23. The molecule has 0 saturated heterocycles. The van der Waals surface area contributed by atoms with Crippen molar-refractivity contribution in [3.05, 3.63) is 42.8 Å². The Morgan fingerprint density at radius 3 is 1.44 bits per heavy atom. The first kappa shape index (κ1) is 10.4. The molecule has 0 aliphatic carbocycles. The molecule has 0 unspecified atom stereocenters. The van der Waals surface area contributed by atoms with Gasteiger partial charge in [0, 0.05) is 0 Å². The zero-order valence-corrected chi connectivity index (χ0v) is 8.70. The third-order valence-electron chi connectivity index (χ3n) is 2.44. The molecule has 0 heterocycles. The Balaban J connectivity index is 3.15. The van der Waals surface area contributed by atoms with Crippen LogP contribution in [0.2, 0.25) is 0 Å². The summed E-state index contributed by atoms with van der Waals surface area (Å²) in [6.45, 7) is 0. The molecule has 16 heavy (non-hydrogen) atoms. The monoisotopic (exact) mass is 220 g/mol. The summed E-state index contributed by atoms with van der Waals surface area (Å²) >= 11 is 0. The molecule has 0 N–H and O–H groups in total. The average molecular weight is 220 g/mol. The highest BCUT2D eigenvalue weighted by molar-refractivity contribution is 5.94. The van der Waals surface area contributed by atoms with Crippen LogP contribution in [0.4, 0.5) is 0 Å². The zero-order valence-electron chi connectivity index (χ0n) is 8.70. The third-order valence-corrected chi connectivity index (χ3v) is 2.44. The predicted octanol–water partition coefficient (Wildman–Crippen LogP) is -0.187. The summed E-state index contributed by atoms with van der Waals surface area (Å²) < 4.78 is 9.89. The summed E-state index contributed by atoms with van der Waals surface area (Å²) in [5.41, 5.74) is -2.72. The van der Waals surface area contributed by atoms with Crippen LogP contribution in [0, 0.1) is 0 Å². The van der Waals surface area contributed by atoms with Crippen LogP contribution in [0.1, 0.15) is 0 Å². The molecule has 0 saturated carbocycles. The van der Waals surface area contributed by atoms with Crippen molar-refractivity contribution in [2.24, 2.45) is 0 Å². The maximum absolute atomic E-state index is 11.5. The van der Waals surface area contributed by atoms with Crippen molar-refractivity contribution in [1.29, 1.82) is 0 Å². The molecule has 0 spiro atoms. The SMILES string of the molecule is COc1ccc(OC)c2c(=O)c(=O)c(=O)c12. The van der Waals surface area contributed by atoms with Crippen LogP contribution in [0.25, 0.3) is 10.8 Å². The first-order valence-electron chi connectivity index (χ1n) is 4.50. The molecule has 5 nitrogen and oxygen atoms in total. The lowest BCUT2D eigenvalue weighted by molar-refractivity contribution is 0.410. The van der Waals surface area contributed by atoms with Crippen LogP contribution in [-0.4, -0.2) is 14.2 Å². The van der Waals surface area contributed by atoms with E-state index in [0.29, 0.717) is 0 Å². The fourth-order valence-corrected chi connectivity index (χ4v) is 1.69. The van der Waals surface area contributed by atoms with E-state index >= 15 is 0 Å². The van der Waals surface area contributed by atoms with E-state index in [-0.39, 0.29) is 22.3 Å². The number of ether oxygens (including phenoxy) is 2. The van der Waals surface area contributed by atoms with Gasteiger partial charge < -0.3 is 9.47 Å². The summed E-state index contributed by atoms with van der Waals surface area (Å²) in [6.07, 6.45) is 0. The van der Waals surface area contributed by atoms with Crippen molar-refractivity contribution >= 4 is 10.8 Å². The van der Waals surface area contributed by atoms with Crippen LogP contribution in [-0.2, 0) is 0 Å². The quantitative estimate of drug-likeness (QED) is 0.656. The van der Waals surface area contributed by atoms with Gasteiger partial charge in [-0.15, -0.1) is 0 Å².